The summed E-state index contributed by atoms with van der Waals surface area (Å²) in [6.07, 6.45) is 1.46. The third-order valence-corrected chi connectivity index (χ3v) is 2.22. The monoisotopic (exact) mass is 250 g/mol. The Morgan fingerprint density at radius 2 is 2.22 bits per heavy atom. The number of furan rings is 1. The van der Waals surface area contributed by atoms with E-state index in [2.05, 4.69) is 10.5 Å². The summed E-state index contributed by atoms with van der Waals surface area (Å²) in [6.45, 7) is 1.35. The third-order valence-electron chi connectivity index (χ3n) is 2.22. The number of carbonyl (C=O) groups excluding carboxylic acids is 1. The highest BCUT2D eigenvalue weighted by molar-refractivity contribution is 5.95. The molecule has 2 N–H and O–H groups in total. The molecule has 7 heteroatoms. The van der Waals surface area contributed by atoms with E-state index in [-0.39, 0.29) is 5.69 Å². The van der Waals surface area contributed by atoms with Gasteiger partial charge in [0.25, 0.3) is 5.91 Å². The molecule has 2 aromatic rings. The Morgan fingerprint density at radius 1 is 1.44 bits per heavy atom. The molecule has 2 rings (SSSR count). The number of aromatic nitrogens is 1. The third kappa shape index (κ3) is 2.40. The zero-order valence-corrected chi connectivity index (χ0v) is 9.41. The molecule has 1 unspecified atom stereocenters. The van der Waals surface area contributed by atoms with Gasteiger partial charge in [-0.05, 0) is 19.1 Å². The highest BCUT2D eigenvalue weighted by Crippen LogP contribution is 2.20. The van der Waals surface area contributed by atoms with Gasteiger partial charge >= 0.3 is 5.97 Å². The van der Waals surface area contributed by atoms with Gasteiger partial charge in [-0.2, -0.15) is 0 Å². The van der Waals surface area contributed by atoms with Crippen molar-refractivity contribution in [2.45, 2.75) is 13.0 Å². The predicted molar refractivity (Wildman–Crippen MR) is 58.8 cm³/mol. The molecule has 0 radical (unpaired) electrons. The number of hydrogen-bond donors (Lipinski definition) is 2. The number of rotatable bonds is 4. The molecule has 1 amide bonds. The Morgan fingerprint density at radius 3 is 2.83 bits per heavy atom. The molecule has 2 heterocycles. The van der Waals surface area contributed by atoms with Crippen molar-refractivity contribution in [3.8, 4) is 11.5 Å². The molecular weight excluding hydrogens is 240 g/mol. The van der Waals surface area contributed by atoms with Gasteiger partial charge in [0.15, 0.2) is 11.5 Å². The first-order chi connectivity index (χ1) is 8.58. The summed E-state index contributed by atoms with van der Waals surface area (Å²) in [4.78, 5) is 22.2. The first-order valence-electron chi connectivity index (χ1n) is 5.12. The van der Waals surface area contributed by atoms with E-state index in [0.29, 0.717) is 11.5 Å². The van der Waals surface area contributed by atoms with Crippen molar-refractivity contribution in [1.29, 1.82) is 0 Å². The smallest absolute Gasteiger partial charge is 0.325 e. The van der Waals surface area contributed by atoms with E-state index < -0.39 is 17.9 Å². The van der Waals surface area contributed by atoms with Gasteiger partial charge < -0.3 is 19.4 Å². The van der Waals surface area contributed by atoms with Crippen LogP contribution in [0.3, 0.4) is 0 Å². The summed E-state index contributed by atoms with van der Waals surface area (Å²) in [5.41, 5.74) is -0.00509. The van der Waals surface area contributed by atoms with E-state index >= 15 is 0 Å². The lowest BCUT2D eigenvalue weighted by Gasteiger charge is -2.06. The van der Waals surface area contributed by atoms with E-state index in [1.165, 1.54) is 19.3 Å². The van der Waals surface area contributed by atoms with Crippen molar-refractivity contribution in [3.05, 3.63) is 30.2 Å². The minimum atomic E-state index is -1.13. The van der Waals surface area contributed by atoms with Crippen LogP contribution in [0, 0.1) is 0 Å². The molecule has 0 bridgehead atoms. The Kier molecular flexibility index (Phi) is 3.13. The van der Waals surface area contributed by atoms with Crippen LogP contribution in [-0.2, 0) is 4.79 Å². The fourth-order valence-corrected chi connectivity index (χ4v) is 1.25. The summed E-state index contributed by atoms with van der Waals surface area (Å²) in [5, 5.41) is 14.5. The number of carboxylic acid groups (broad SMARTS) is 1. The molecule has 0 saturated heterocycles. The van der Waals surface area contributed by atoms with Crippen molar-refractivity contribution in [2.75, 3.05) is 0 Å². The maximum atomic E-state index is 11.6. The van der Waals surface area contributed by atoms with Crippen LogP contribution in [0.25, 0.3) is 11.5 Å². The molecule has 0 aliphatic rings. The van der Waals surface area contributed by atoms with Crippen molar-refractivity contribution >= 4 is 11.9 Å². The highest BCUT2D eigenvalue weighted by atomic mass is 16.5. The summed E-state index contributed by atoms with van der Waals surface area (Å²) in [7, 11) is 0. The van der Waals surface area contributed by atoms with Crippen LogP contribution < -0.4 is 5.32 Å². The average molecular weight is 250 g/mol. The van der Waals surface area contributed by atoms with E-state index in [4.69, 9.17) is 14.0 Å². The van der Waals surface area contributed by atoms with Crippen molar-refractivity contribution < 1.29 is 23.6 Å². The molecule has 0 aliphatic carbocycles. The Bertz CT molecular complexity index is 558. The second kappa shape index (κ2) is 4.74. The van der Waals surface area contributed by atoms with Crippen LogP contribution in [-0.4, -0.2) is 28.2 Å². The molecule has 0 saturated carbocycles. The Balaban J connectivity index is 2.11. The average Bonchev–Trinajstić information content (AvgIpc) is 2.99. The number of amides is 1. The largest absolute Gasteiger partial charge is 0.480 e. The van der Waals surface area contributed by atoms with Crippen LogP contribution in [0.2, 0.25) is 0 Å². The molecular formula is C11H10N2O5. The van der Waals surface area contributed by atoms with Gasteiger partial charge in [0.05, 0.1) is 6.26 Å². The van der Waals surface area contributed by atoms with E-state index in [0.717, 1.165) is 0 Å². The molecule has 1 atom stereocenters. The lowest BCUT2D eigenvalue weighted by atomic mass is 10.3. The molecule has 0 spiro atoms. The van der Waals surface area contributed by atoms with E-state index in [9.17, 15) is 9.59 Å². The lowest BCUT2D eigenvalue weighted by molar-refractivity contribution is -0.138. The summed E-state index contributed by atoms with van der Waals surface area (Å²) >= 11 is 0. The van der Waals surface area contributed by atoms with Gasteiger partial charge in [-0.25, -0.2) is 0 Å². The van der Waals surface area contributed by atoms with Crippen LogP contribution in [0.4, 0.5) is 0 Å². The molecule has 2 aromatic heterocycles. The van der Waals surface area contributed by atoms with Gasteiger partial charge in [-0.3, -0.25) is 9.59 Å². The number of aliphatic carboxylic acids is 1. The lowest BCUT2D eigenvalue weighted by Crippen LogP contribution is -2.38. The van der Waals surface area contributed by atoms with Crippen molar-refractivity contribution in [1.82, 2.24) is 10.5 Å². The highest BCUT2D eigenvalue weighted by Gasteiger charge is 2.19. The van der Waals surface area contributed by atoms with Crippen LogP contribution in [0.5, 0.6) is 0 Å². The maximum Gasteiger partial charge on any atom is 0.325 e. The van der Waals surface area contributed by atoms with Gasteiger partial charge in [0.1, 0.15) is 6.04 Å². The molecule has 94 valence electrons. The molecule has 0 fully saturated rings. The van der Waals surface area contributed by atoms with Crippen LogP contribution >= 0.6 is 0 Å². The zero-order chi connectivity index (χ0) is 13.1. The van der Waals surface area contributed by atoms with Gasteiger partial charge in [0.2, 0.25) is 5.76 Å². The summed E-state index contributed by atoms with van der Waals surface area (Å²) < 4.78 is 9.99. The van der Waals surface area contributed by atoms with Crippen LogP contribution in [0.1, 0.15) is 17.4 Å². The van der Waals surface area contributed by atoms with Gasteiger partial charge in [-0.15, -0.1) is 0 Å². The van der Waals surface area contributed by atoms with Gasteiger partial charge in [-0.1, -0.05) is 5.16 Å². The number of carboxylic acids is 1. The minimum Gasteiger partial charge on any atom is -0.480 e. The van der Waals surface area contributed by atoms with Crippen molar-refractivity contribution in [3.63, 3.8) is 0 Å². The first kappa shape index (κ1) is 11.9. The number of carbonyl (C=O) groups is 2. The Hall–Kier alpha value is -2.57. The normalized spacial score (nSPS) is 12.1. The SMILES string of the molecule is CC(NC(=O)c1cc(-c2ccco2)on1)C(=O)O. The first-order valence-corrected chi connectivity index (χ1v) is 5.12. The maximum absolute atomic E-state index is 11.6. The fourth-order valence-electron chi connectivity index (χ4n) is 1.25. The minimum absolute atomic E-state index is 0.00509. The second-order valence-corrected chi connectivity index (χ2v) is 3.59. The number of nitrogens with zero attached hydrogens (tertiary/aromatic N) is 1. The van der Waals surface area contributed by atoms with Crippen molar-refractivity contribution in [2.24, 2.45) is 0 Å². The molecule has 0 aliphatic heterocycles. The van der Waals surface area contributed by atoms with Gasteiger partial charge in [0, 0.05) is 6.07 Å². The Labute approximate surface area is 101 Å². The standard InChI is InChI=1S/C11H10N2O5/c1-6(11(15)16)12-10(14)7-5-9(18-13-7)8-3-2-4-17-8/h2-6H,1H3,(H,12,14)(H,15,16). The zero-order valence-electron chi connectivity index (χ0n) is 9.41. The number of hydrogen-bond acceptors (Lipinski definition) is 5. The molecule has 18 heavy (non-hydrogen) atoms. The number of nitrogens with one attached hydrogen (secondary N) is 1. The van der Waals surface area contributed by atoms with E-state index in [1.54, 1.807) is 12.1 Å². The summed E-state index contributed by atoms with van der Waals surface area (Å²) in [5.74, 6) is -1.01. The topological polar surface area (TPSA) is 106 Å². The fraction of sp³-hybridized carbons (Fsp3) is 0.182. The quantitative estimate of drug-likeness (QED) is 0.842. The summed E-state index contributed by atoms with van der Waals surface area (Å²) in [6, 6.07) is 3.70. The predicted octanol–water partition coefficient (Wildman–Crippen LogP) is 1.14. The van der Waals surface area contributed by atoms with Crippen LogP contribution in [0.15, 0.2) is 33.4 Å². The molecule has 7 nitrogen and oxygen atoms in total. The molecule has 0 aromatic carbocycles. The second-order valence-electron chi connectivity index (χ2n) is 3.59. The van der Waals surface area contributed by atoms with E-state index in [1.807, 2.05) is 0 Å².